The van der Waals surface area contributed by atoms with Gasteiger partial charge in [-0.1, -0.05) is 0 Å². The lowest BCUT2D eigenvalue weighted by Crippen LogP contribution is -2.47. The van der Waals surface area contributed by atoms with Crippen LogP contribution >= 0.6 is 0 Å². The molecule has 2 aliphatic rings. The van der Waals surface area contributed by atoms with Gasteiger partial charge in [-0.2, -0.15) is 0 Å². The number of ether oxygens (including phenoxy) is 1. The van der Waals surface area contributed by atoms with Crippen LogP contribution in [0.4, 0.5) is 0 Å². The molecule has 98 valence electrons. The van der Waals surface area contributed by atoms with Gasteiger partial charge in [0.15, 0.2) is 0 Å². The normalized spacial score (nSPS) is 31.9. The van der Waals surface area contributed by atoms with Crippen LogP contribution in [0.15, 0.2) is 0 Å². The molecule has 2 aliphatic heterocycles. The van der Waals surface area contributed by atoms with Crippen LogP contribution in [0, 0.1) is 0 Å². The fourth-order valence-electron chi connectivity index (χ4n) is 2.94. The predicted molar refractivity (Wildman–Crippen MR) is 67.1 cm³/mol. The van der Waals surface area contributed by atoms with Crippen molar-refractivity contribution in [1.29, 1.82) is 0 Å². The summed E-state index contributed by atoms with van der Waals surface area (Å²) >= 11 is 0. The highest BCUT2D eigenvalue weighted by Crippen LogP contribution is 2.21. The molecule has 4 heteroatoms. The van der Waals surface area contributed by atoms with Crippen LogP contribution in [-0.4, -0.2) is 67.6 Å². The first-order valence-corrected chi connectivity index (χ1v) is 6.69. The highest BCUT2D eigenvalue weighted by atomic mass is 16.5. The maximum absolute atomic E-state index is 11.2. The zero-order valence-electron chi connectivity index (χ0n) is 11.0. The first-order chi connectivity index (χ1) is 8.15. The summed E-state index contributed by atoms with van der Waals surface area (Å²) < 4.78 is 5.80. The largest absolute Gasteiger partial charge is 0.374 e. The molecular formula is C13H24N2O2. The van der Waals surface area contributed by atoms with Crippen LogP contribution in [-0.2, 0) is 9.53 Å². The molecule has 0 spiro atoms. The zero-order chi connectivity index (χ0) is 12.3. The van der Waals surface area contributed by atoms with Gasteiger partial charge in [-0.15, -0.1) is 0 Å². The minimum Gasteiger partial charge on any atom is -0.374 e. The lowest BCUT2D eigenvalue weighted by Gasteiger charge is -2.34. The van der Waals surface area contributed by atoms with E-state index in [0.717, 1.165) is 32.8 Å². The Hall–Kier alpha value is -0.450. The van der Waals surface area contributed by atoms with E-state index in [1.807, 2.05) is 0 Å². The molecule has 0 amide bonds. The van der Waals surface area contributed by atoms with E-state index in [4.69, 9.17) is 4.74 Å². The molecule has 0 bridgehead atoms. The summed E-state index contributed by atoms with van der Waals surface area (Å²) in [6.45, 7) is 6.70. The third-order valence-electron chi connectivity index (χ3n) is 3.80. The summed E-state index contributed by atoms with van der Waals surface area (Å²) in [6.07, 6.45) is 3.42. The number of likely N-dealkylation sites (N-methyl/N-ethyl adjacent to an activating group) is 1. The average Bonchev–Trinajstić information content (AvgIpc) is 2.65. The molecule has 0 aromatic rings. The van der Waals surface area contributed by atoms with E-state index in [-0.39, 0.29) is 0 Å². The van der Waals surface area contributed by atoms with Gasteiger partial charge in [0.25, 0.3) is 0 Å². The highest BCUT2D eigenvalue weighted by molar-refractivity contribution is 5.76. The number of Topliss-reactive ketones (excluding diaryl/α,β-unsaturated/α-hetero) is 1. The molecule has 0 aromatic heterocycles. The number of hydrogen-bond donors (Lipinski definition) is 0. The van der Waals surface area contributed by atoms with E-state index < -0.39 is 0 Å². The molecule has 0 aliphatic carbocycles. The van der Waals surface area contributed by atoms with Crippen molar-refractivity contribution in [3.8, 4) is 0 Å². The first-order valence-electron chi connectivity index (χ1n) is 6.69. The fraction of sp³-hybridized carbons (Fsp3) is 0.923. The molecule has 2 rings (SSSR count). The van der Waals surface area contributed by atoms with Crippen LogP contribution in [0.5, 0.6) is 0 Å². The van der Waals surface area contributed by atoms with Crippen molar-refractivity contribution < 1.29 is 9.53 Å². The van der Waals surface area contributed by atoms with Gasteiger partial charge in [0.05, 0.1) is 12.7 Å². The monoisotopic (exact) mass is 240 g/mol. The van der Waals surface area contributed by atoms with Gasteiger partial charge in [0.2, 0.25) is 0 Å². The Morgan fingerprint density at radius 1 is 1.41 bits per heavy atom. The van der Waals surface area contributed by atoms with E-state index in [9.17, 15) is 4.79 Å². The molecule has 2 fully saturated rings. The summed E-state index contributed by atoms with van der Waals surface area (Å²) in [7, 11) is 2.15. The Morgan fingerprint density at radius 2 is 2.24 bits per heavy atom. The topological polar surface area (TPSA) is 32.8 Å². The van der Waals surface area contributed by atoms with Gasteiger partial charge in [-0.25, -0.2) is 0 Å². The van der Waals surface area contributed by atoms with Crippen molar-refractivity contribution in [2.45, 2.75) is 38.3 Å². The minimum absolute atomic E-state index is 0.309. The van der Waals surface area contributed by atoms with Gasteiger partial charge in [0, 0.05) is 32.1 Å². The van der Waals surface area contributed by atoms with Crippen LogP contribution < -0.4 is 0 Å². The average molecular weight is 240 g/mol. The van der Waals surface area contributed by atoms with Crippen molar-refractivity contribution in [2.24, 2.45) is 0 Å². The molecule has 4 nitrogen and oxygen atoms in total. The molecule has 17 heavy (non-hydrogen) atoms. The number of nitrogens with zero attached hydrogens (tertiary/aromatic N) is 2. The number of carbonyl (C=O) groups excluding carboxylic acids is 1. The van der Waals surface area contributed by atoms with Gasteiger partial charge in [0.1, 0.15) is 5.78 Å². The highest BCUT2D eigenvalue weighted by Gasteiger charge is 2.29. The molecule has 0 N–H and O–H groups in total. The number of morpholine rings is 1. The molecule has 0 aromatic carbocycles. The predicted octanol–water partition coefficient (Wildman–Crippen LogP) is 0.760. The Morgan fingerprint density at radius 3 is 2.94 bits per heavy atom. The summed E-state index contributed by atoms with van der Waals surface area (Å²) in [6, 6.07) is 0.461. The van der Waals surface area contributed by atoms with Crippen molar-refractivity contribution in [3.63, 3.8) is 0 Å². The maximum Gasteiger partial charge on any atom is 0.131 e. The second-order valence-electron chi connectivity index (χ2n) is 5.45. The second-order valence-corrected chi connectivity index (χ2v) is 5.45. The van der Waals surface area contributed by atoms with Gasteiger partial charge < -0.3 is 9.64 Å². The number of carbonyl (C=O) groups is 1. The third kappa shape index (κ3) is 3.76. The number of rotatable bonds is 4. The molecule has 0 saturated carbocycles. The molecular weight excluding hydrogens is 216 g/mol. The number of hydrogen-bond acceptors (Lipinski definition) is 4. The third-order valence-corrected chi connectivity index (χ3v) is 3.80. The Bertz CT molecular complexity index is 270. The fourth-order valence-corrected chi connectivity index (χ4v) is 2.94. The van der Waals surface area contributed by atoms with E-state index in [0.29, 0.717) is 24.3 Å². The quantitative estimate of drug-likeness (QED) is 0.726. The van der Waals surface area contributed by atoms with Crippen molar-refractivity contribution in [2.75, 3.05) is 39.8 Å². The van der Waals surface area contributed by atoms with Crippen molar-refractivity contribution >= 4 is 5.78 Å². The lowest BCUT2D eigenvalue weighted by atomic mass is 10.1. The maximum atomic E-state index is 11.2. The number of likely N-dealkylation sites (tertiary alicyclic amines) is 1. The van der Waals surface area contributed by atoms with E-state index in [1.54, 1.807) is 6.92 Å². The zero-order valence-corrected chi connectivity index (χ0v) is 11.0. The van der Waals surface area contributed by atoms with Crippen LogP contribution in [0.1, 0.15) is 26.2 Å². The van der Waals surface area contributed by atoms with Gasteiger partial charge in [-0.05, 0) is 33.4 Å². The smallest absolute Gasteiger partial charge is 0.131 e. The second kappa shape index (κ2) is 5.94. The van der Waals surface area contributed by atoms with E-state index in [2.05, 4.69) is 16.8 Å². The van der Waals surface area contributed by atoms with Crippen LogP contribution in [0.2, 0.25) is 0 Å². The van der Waals surface area contributed by atoms with Crippen LogP contribution in [0.25, 0.3) is 0 Å². The summed E-state index contributed by atoms with van der Waals surface area (Å²) in [5, 5.41) is 0. The Balaban J connectivity index is 1.82. The van der Waals surface area contributed by atoms with Crippen LogP contribution in [0.3, 0.4) is 0 Å². The van der Waals surface area contributed by atoms with Crippen molar-refractivity contribution in [3.05, 3.63) is 0 Å². The van der Waals surface area contributed by atoms with Gasteiger partial charge >= 0.3 is 0 Å². The summed E-state index contributed by atoms with van der Waals surface area (Å²) in [5.41, 5.74) is 0. The SMILES string of the molecule is CC(=O)CC1CCCN1CC1CN(C)CCO1. The molecule has 2 unspecified atom stereocenters. The first kappa shape index (κ1) is 13.0. The standard InChI is InChI=1S/C13H24N2O2/c1-11(16)8-12-4-3-5-15(12)10-13-9-14(2)6-7-17-13/h12-13H,3-10H2,1-2H3. The Kier molecular flexibility index (Phi) is 4.54. The van der Waals surface area contributed by atoms with E-state index in [1.165, 1.54) is 12.8 Å². The number of ketones is 1. The molecule has 2 atom stereocenters. The van der Waals surface area contributed by atoms with Gasteiger partial charge in [-0.3, -0.25) is 9.69 Å². The summed E-state index contributed by atoms with van der Waals surface area (Å²) in [5.74, 6) is 0.309. The lowest BCUT2D eigenvalue weighted by molar-refractivity contribution is -0.118. The minimum atomic E-state index is 0.309. The molecule has 2 saturated heterocycles. The Labute approximate surface area is 104 Å². The summed E-state index contributed by atoms with van der Waals surface area (Å²) in [4.78, 5) is 16.0. The molecule has 2 heterocycles. The van der Waals surface area contributed by atoms with Crippen molar-refractivity contribution in [1.82, 2.24) is 9.80 Å². The van der Waals surface area contributed by atoms with E-state index >= 15 is 0 Å². The molecule has 0 radical (unpaired) electrons.